The summed E-state index contributed by atoms with van der Waals surface area (Å²) in [6, 6.07) is 9.72. The number of aliphatic carboxylic acids is 1. The molecule has 1 unspecified atom stereocenters. The van der Waals surface area contributed by atoms with Crippen LogP contribution in [0.25, 0.3) is 0 Å². The summed E-state index contributed by atoms with van der Waals surface area (Å²) in [5, 5.41) is 8.60. The fourth-order valence-electron chi connectivity index (χ4n) is 1.29. The van der Waals surface area contributed by atoms with Crippen LogP contribution >= 0.6 is 0 Å². The molecule has 0 heterocycles. The Morgan fingerprint density at radius 1 is 1.38 bits per heavy atom. The molecule has 0 amide bonds. The molecule has 1 aromatic rings. The highest BCUT2D eigenvalue weighted by atomic mass is 16.5. The summed E-state index contributed by atoms with van der Waals surface area (Å²) in [4.78, 5) is 10.5. The summed E-state index contributed by atoms with van der Waals surface area (Å²) < 4.78 is 10.4. The molecule has 0 aliphatic heterocycles. The second-order valence-electron chi connectivity index (χ2n) is 3.46. The van der Waals surface area contributed by atoms with Gasteiger partial charge in [-0.1, -0.05) is 30.3 Å². The van der Waals surface area contributed by atoms with Crippen molar-refractivity contribution in [1.82, 2.24) is 0 Å². The molecule has 4 heteroatoms. The predicted molar refractivity (Wildman–Crippen MR) is 59.1 cm³/mol. The van der Waals surface area contributed by atoms with E-state index in [1.807, 2.05) is 30.3 Å². The van der Waals surface area contributed by atoms with E-state index in [0.29, 0.717) is 6.61 Å². The summed E-state index contributed by atoms with van der Waals surface area (Å²) >= 11 is 0. The van der Waals surface area contributed by atoms with Crippen LogP contribution in [0.1, 0.15) is 12.0 Å². The molecule has 0 radical (unpaired) electrons. The van der Waals surface area contributed by atoms with Crippen molar-refractivity contribution >= 4 is 5.97 Å². The topological polar surface area (TPSA) is 55.8 Å². The lowest BCUT2D eigenvalue weighted by Crippen LogP contribution is -2.21. The Morgan fingerprint density at radius 2 is 2.06 bits per heavy atom. The van der Waals surface area contributed by atoms with Crippen LogP contribution in [0.5, 0.6) is 0 Å². The molecule has 0 aromatic heterocycles. The van der Waals surface area contributed by atoms with Crippen molar-refractivity contribution in [3.63, 3.8) is 0 Å². The van der Waals surface area contributed by atoms with Gasteiger partial charge in [-0.15, -0.1) is 0 Å². The first kappa shape index (κ1) is 12.7. The Balaban J connectivity index is 2.26. The number of carboxylic acids is 1. The highest BCUT2D eigenvalue weighted by Gasteiger charge is 2.12. The van der Waals surface area contributed by atoms with Gasteiger partial charge in [0.2, 0.25) is 0 Å². The van der Waals surface area contributed by atoms with E-state index >= 15 is 0 Å². The minimum Gasteiger partial charge on any atom is -0.481 e. The second-order valence-corrected chi connectivity index (χ2v) is 3.46. The van der Waals surface area contributed by atoms with Crippen LogP contribution in [0.2, 0.25) is 0 Å². The number of benzene rings is 1. The van der Waals surface area contributed by atoms with E-state index in [1.165, 1.54) is 7.11 Å². The van der Waals surface area contributed by atoms with E-state index in [2.05, 4.69) is 0 Å². The number of ether oxygens (including phenoxy) is 2. The SMILES string of the molecule is COC(COCc1ccccc1)CC(=O)O. The summed E-state index contributed by atoms with van der Waals surface area (Å²) in [6.45, 7) is 0.762. The van der Waals surface area contributed by atoms with E-state index < -0.39 is 5.97 Å². The van der Waals surface area contributed by atoms with Crippen molar-refractivity contribution in [2.24, 2.45) is 0 Å². The van der Waals surface area contributed by atoms with Gasteiger partial charge in [-0.2, -0.15) is 0 Å². The number of carboxylic acid groups (broad SMARTS) is 1. The Bertz CT molecular complexity index is 310. The Hall–Kier alpha value is -1.39. The van der Waals surface area contributed by atoms with E-state index in [1.54, 1.807) is 0 Å². The van der Waals surface area contributed by atoms with Gasteiger partial charge < -0.3 is 14.6 Å². The van der Waals surface area contributed by atoms with Gasteiger partial charge in [-0.05, 0) is 5.56 Å². The van der Waals surface area contributed by atoms with Gasteiger partial charge in [0.15, 0.2) is 0 Å². The molecular formula is C12H16O4. The molecule has 0 bridgehead atoms. The van der Waals surface area contributed by atoms with E-state index in [-0.39, 0.29) is 19.1 Å². The lowest BCUT2D eigenvalue weighted by atomic mass is 10.2. The maximum atomic E-state index is 10.5. The maximum absolute atomic E-state index is 10.5. The minimum absolute atomic E-state index is 0.0364. The van der Waals surface area contributed by atoms with Crippen LogP contribution in [-0.2, 0) is 20.9 Å². The molecule has 0 aliphatic carbocycles. The number of hydrogen-bond donors (Lipinski definition) is 1. The highest BCUT2D eigenvalue weighted by molar-refractivity contribution is 5.67. The highest BCUT2D eigenvalue weighted by Crippen LogP contribution is 2.03. The van der Waals surface area contributed by atoms with Crippen molar-refractivity contribution < 1.29 is 19.4 Å². The van der Waals surface area contributed by atoms with Crippen LogP contribution in [0.3, 0.4) is 0 Å². The molecule has 0 fully saturated rings. The van der Waals surface area contributed by atoms with Gasteiger partial charge in [0.25, 0.3) is 0 Å². The van der Waals surface area contributed by atoms with E-state index in [9.17, 15) is 4.79 Å². The molecule has 1 atom stereocenters. The normalized spacial score (nSPS) is 12.3. The van der Waals surface area contributed by atoms with Gasteiger partial charge in [0.1, 0.15) is 0 Å². The zero-order valence-electron chi connectivity index (χ0n) is 9.26. The van der Waals surface area contributed by atoms with E-state index in [0.717, 1.165) is 5.56 Å². The third-order valence-corrected chi connectivity index (χ3v) is 2.15. The number of carbonyl (C=O) groups is 1. The summed E-state index contributed by atoms with van der Waals surface area (Å²) in [5.41, 5.74) is 1.06. The van der Waals surface area contributed by atoms with Crippen LogP contribution in [0.4, 0.5) is 0 Å². The average molecular weight is 224 g/mol. The second kappa shape index (κ2) is 6.98. The van der Waals surface area contributed by atoms with E-state index in [4.69, 9.17) is 14.6 Å². The lowest BCUT2D eigenvalue weighted by Gasteiger charge is -2.13. The monoisotopic (exact) mass is 224 g/mol. The van der Waals surface area contributed by atoms with Crippen LogP contribution in [0, 0.1) is 0 Å². The van der Waals surface area contributed by atoms with Gasteiger partial charge in [-0.3, -0.25) is 4.79 Å². The van der Waals surface area contributed by atoms with Crippen LogP contribution < -0.4 is 0 Å². The minimum atomic E-state index is -0.879. The third-order valence-electron chi connectivity index (χ3n) is 2.15. The third kappa shape index (κ3) is 4.91. The Kier molecular flexibility index (Phi) is 5.53. The molecule has 1 aromatic carbocycles. The van der Waals surface area contributed by atoms with Gasteiger partial charge in [0, 0.05) is 7.11 Å². The molecule has 0 spiro atoms. The van der Waals surface area contributed by atoms with Crippen molar-refractivity contribution in [3.8, 4) is 0 Å². The lowest BCUT2D eigenvalue weighted by molar-refractivity contribution is -0.141. The van der Waals surface area contributed by atoms with Gasteiger partial charge in [0.05, 0.1) is 25.7 Å². The Morgan fingerprint density at radius 3 is 2.62 bits per heavy atom. The summed E-state index contributed by atoms with van der Waals surface area (Å²) in [6.07, 6.45) is -0.424. The van der Waals surface area contributed by atoms with Crippen molar-refractivity contribution in [3.05, 3.63) is 35.9 Å². The molecule has 16 heavy (non-hydrogen) atoms. The van der Waals surface area contributed by atoms with Crippen molar-refractivity contribution in [2.75, 3.05) is 13.7 Å². The quantitative estimate of drug-likeness (QED) is 0.765. The first-order chi connectivity index (χ1) is 7.72. The maximum Gasteiger partial charge on any atom is 0.306 e. The number of rotatable bonds is 7. The summed E-state index contributed by atoms with van der Waals surface area (Å²) in [5.74, 6) is -0.879. The van der Waals surface area contributed by atoms with Crippen LogP contribution in [0.15, 0.2) is 30.3 Å². The molecule has 1 rings (SSSR count). The first-order valence-electron chi connectivity index (χ1n) is 5.08. The number of methoxy groups -OCH3 is 1. The zero-order chi connectivity index (χ0) is 11.8. The molecule has 0 saturated carbocycles. The zero-order valence-corrected chi connectivity index (χ0v) is 9.26. The molecule has 4 nitrogen and oxygen atoms in total. The van der Waals surface area contributed by atoms with Gasteiger partial charge >= 0.3 is 5.97 Å². The standard InChI is InChI=1S/C12H16O4/c1-15-11(7-12(13)14)9-16-8-10-5-3-2-4-6-10/h2-6,11H,7-9H2,1H3,(H,13,14). The van der Waals surface area contributed by atoms with Crippen LogP contribution in [-0.4, -0.2) is 30.9 Å². The fraction of sp³-hybridized carbons (Fsp3) is 0.417. The molecule has 1 N–H and O–H groups in total. The van der Waals surface area contributed by atoms with Gasteiger partial charge in [-0.25, -0.2) is 0 Å². The smallest absolute Gasteiger partial charge is 0.306 e. The molecule has 0 aliphatic rings. The Labute approximate surface area is 94.8 Å². The summed E-state index contributed by atoms with van der Waals surface area (Å²) in [7, 11) is 1.49. The first-order valence-corrected chi connectivity index (χ1v) is 5.08. The largest absolute Gasteiger partial charge is 0.481 e. The van der Waals surface area contributed by atoms with Crippen molar-refractivity contribution in [2.45, 2.75) is 19.1 Å². The predicted octanol–water partition coefficient (Wildman–Crippen LogP) is 1.69. The molecule has 88 valence electrons. The molecular weight excluding hydrogens is 208 g/mol. The number of hydrogen-bond acceptors (Lipinski definition) is 3. The fourth-order valence-corrected chi connectivity index (χ4v) is 1.29. The average Bonchev–Trinajstić information content (AvgIpc) is 2.28. The van der Waals surface area contributed by atoms with Crippen molar-refractivity contribution in [1.29, 1.82) is 0 Å². The molecule has 0 saturated heterocycles.